The molecule has 0 radical (unpaired) electrons. The third-order valence-corrected chi connectivity index (χ3v) is 4.87. The van der Waals surface area contributed by atoms with E-state index in [4.69, 9.17) is 9.47 Å². The number of hydrazone groups is 1. The van der Waals surface area contributed by atoms with Gasteiger partial charge in [-0.1, -0.05) is 54.6 Å². The summed E-state index contributed by atoms with van der Waals surface area (Å²) in [6, 6.07) is 25.0. The second-order valence-corrected chi connectivity index (χ2v) is 7.33. The van der Waals surface area contributed by atoms with E-state index in [9.17, 15) is 19.7 Å². The van der Waals surface area contributed by atoms with Gasteiger partial charge in [-0.25, -0.2) is 10.2 Å². The molecule has 0 fully saturated rings. The summed E-state index contributed by atoms with van der Waals surface area (Å²) in [5.74, 6) is -0.360. The Hall–Kier alpha value is -5.05. The number of nitrogens with one attached hydrogen (secondary N) is 1. The van der Waals surface area contributed by atoms with Gasteiger partial charge < -0.3 is 9.47 Å². The van der Waals surface area contributed by atoms with Crippen LogP contribution < -0.4 is 14.9 Å². The van der Waals surface area contributed by atoms with E-state index in [1.165, 1.54) is 30.5 Å². The van der Waals surface area contributed by atoms with E-state index in [1.807, 2.05) is 36.4 Å². The fourth-order valence-electron chi connectivity index (χ4n) is 3.25. The van der Waals surface area contributed by atoms with E-state index in [2.05, 4.69) is 10.5 Å². The first-order valence-corrected chi connectivity index (χ1v) is 10.5. The number of nitrogens with zero attached hydrogens (tertiary/aromatic N) is 2. The fourth-order valence-corrected chi connectivity index (χ4v) is 3.25. The molecule has 4 aromatic rings. The fraction of sp³-hybridized carbons (Fsp3) is 0.0385. The van der Waals surface area contributed by atoms with Crippen LogP contribution >= 0.6 is 0 Å². The van der Waals surface area contributed by atoms with Gasteiger partial charge in [-0.3, -0.25) is 14.9 Å². The Morgan fingerprint density at radius 3 is 2.57 bits per heavy atom. The molecule has 0 bridgehead atoms. The number of hydrogen-bond donors (Lipinski definition) is 1. The SMILES string of the molecule is O=C(COc1cccc2ccccc12)NN=Cc1cccc(OC(=O)c2cccc([N+](=O)[O-])c2)c1. The van der Waals surface area contributed by atoms with Gasteiger partial charge in [0.15, 0.2) is 6.61 Å². The predicted octanol–water partition coefficient (Wildman–Crippen LogP) is 4.50. The van der Waals surface area contributed by atoms with Gasteiger partial charge in [0.05, 0.1) is 16.7 Å². The average molecular weight is 469 g/mol. The monoisotopic (exact) mass is 469 g/mol. The number of nitro groups is 1. The number of rotatable bonds is 8. The van der Waals surface area contributed by atoms with Crippen LogP contribution in [0.25, 0.3) is 10.8 Å². The molecule has 174 valence electrons. The Morgan fingerprint density at radius 2 is 1.71 bits per heavy atom. The molecule has 0 aliphatic carbocycles. The van der Waals surface area contributed by atoms with Crippen LogP contribution in [0, 0.1) is 10.1 Å². The molecular formula is C26H19N3O6. The van der Waals surface area contributed by atoms with E-state index in [0.29, 0.717) is 11.3 Å². The van der Waals surface area contributed by atoms with Gasteiger partial charge in [-0.15, -0.1) is 0 Å². The zero-order chi connectivity index (χ0) is 24.6. The van der Waals surface area contributed by atoms with Crippen molar-refractivity contribution in [1.29, 1.82) is 0 Å². The van der Waals surface area contributed by atoms with E-state index in [1.54, 1.807) is 24.3 Å². The molecule has 0 atom stereocenters. The van der Waals surface area contributed by atoms with E-state index in [-0.39, 0.29) is 23.6 Å². The summed E-state index contributed by atoms with van der Waals surface area (Å²) in [5, 5.41) is 16.7. The number of carbonyl (C=O) groups excluding carboxylic acids is 2. The number of carbonyl (C=O) groups is 2. The first kappa shape index (κ1) is 23.1. The number of ether oxygens (including phenoxy) is 2. The molecule has 0 aliphatic heterocycles. The Morgan fingerprint density at radius 1 is 0.943 bits per heavy atom. The molecule has 1 N–H and O–H groups in total. The van der Waals surface area contributed by atoms with Crippen LogP contribution in [0.4, 0.5) is 5.69 Å². The maximum Gasteiger partial charge on any atom is 0.343 e. The Kier molecular flexibility index (Phi) is 7.08. The lowest BCUT2D eigenvalue weighted by molar-refractivity contribution is -0.384. The van der Waals surface area contributed by atoms with Gasteiger partial charge in [-0.05, 0) is 35.2 Å². The van der Waals surface area contributed by atoms with Gasteiger partial charge in [-0.2, -0.15) is 5.10 Å². The van der Waals surface area contributed by atoms with Crippen molar-refractivity contribution in [2.75, 3.05) is 6.61 Å². The number of hydrogen-bond acceptors (Lipinski definition) is 7. The minimum Gasteiger partial charge on any atom is -0.483 e. The topological polar surface area (TPSA) is 120 Å². The highest BCUT2D eigenvalue weighted by molar-refractivity contribution is 5.92. The molecule has 35 heavy (non-hydrogen) atoms. The largest absolute Gasteiger partial charge is 0.483 e. The van der Waals surface area contributed by atoms with Crippen molar-refractivity contribution in [3.8, 4) is 11.5 Å². The van der Waals surface area contributed by atoms with Crippen molar-refractivity contribution >= 4 is 34.6 Å². The van der Waals surface area contributed by atoms with Crippen molar-refractivity contribution in [2.45, 2.75) is 0 Å². The molecule has 9 heteroatoms. The predicted molar refractivity (Wildman–Crippen MR) is 130 cm³/mol. The molecule has 0 spiro atoms. The van der Waals surface area contributed by atoms with Gasteiger partial charge in [0, 0.05) is 17.5 Å². The first-order chi connectivity index (χ1) is 17.0. The second-order valence-electron chi connectivity index (χ2n) is 7.33. The highest BCUT2D eigenvalue weighted by atomic mass is 16.6. The van der Waals surface area contributed by atoms with Gasteiger partial charge >= 0.3 is 5.97 Å². The number of non-ortho nitro benzene ring substituents is 1. The zero-order valence-electron chi connectivity index (χ0n) is 18.3. The number of esters is 1. The third-order valence-electron chi connectivity index (χ3n) is 4.87. The standard InChI is InChI=1S/C26H19N3O6/c30-25(17-34-24-13-5-8-19-7-1-2-12-23(19)24)28-27-16-18-6-3-11-22(14-18)35-26(31)20-9-4-10-21(15-20)29(32)33/h1-16H,17H2,(H,28,30). The minimum absolute atomic E-state index is 0.0525. The van der Waals surface area contributed by atoms with Gasteiger partial charge in [0.2, 0.25) is 0 Å². The summed E-state index contributed by atoms with van der Waals surface area (Å²) in [6.07, 6.45) is 1.39. The maximum atomic E-state index is 12.3. The summed E-state index contributed by atoms with van der Waals surface area (Å²) in [7, 11) is 0. The molecule has 0 heterocycles. The number of nitro benzene ring substituents is 1. The summed E-state index contributed by atoms with van der Waals surface area (Å²) in [4.78, 5) is 34.8. The molecule has 0 aliphatic rings. The van der Waals surface area contributed by atoms with Crippen molar-refractivity contribution in [1.82, 2.24) is 5.43 Å². The summed E-state index contributed by atoms with van der Waals surface area (Å²) in [5.41, 5.74) is 2.79. The lowest BCUT2D eigenvalue weighted by atomic mass is 10.1. The van der Waals surface area contributed by atoms with E-state index >= 15 is 0 Å². The number of amides is 1. The van der Waals surface area contributed by atoms with Crippen LogP contribution in [0.5, 0.6) is 11.5 Å². The summed E-state index contributed by atoms with van der Waals surface area (Å²) in [6.45, 7) is -0.216. The van der Waals surface area contributed by atoms with Crippen molar-refractivity contribution in [3.63, 3.8) is 0 Å². The first-order valence-electron chi connectivity index (χ1n) is 10.5. The second kappa shape index (κ2) is 10.7. The molecule has 0 saturated heterocycles. The Bertz CT molecular complexity index is 1430. The van der Waals surface area contributed by atoms with Crippen LogP contribution in [0.3, 0.4) is 0 Å². The minimum atomic E-state index is -0.735. The van der Waals surface area contributed by atoms with Crippen LogP contribution in [-0.2, 0) is 4.79 Å². The normalized spacial score (nSPS) is 10.7. The molecule has 4 aromatic carbocycles. The van der Waals surface area contributed by atoms with E-state index in [0.717, 1.165) is 16.8 Å². The number of fused-ring (bicyclic) bond motifs is 1. The lowest BCUT2D eigenvalue weighted by Gasteiger charge is -2.08. The Balaban J connectivity index is 1.32. The van der Waals surface area contributed by atoms with Gasteiger partial charge in [0.1, 0.15) is 11.5 Å². The van der Waals surface area contributed by atoms with Crippen molar-refractivity contribution in [2.24, 2.45) is 5.10 Å². The van der Waals surface area contributed by atoms with E-state index < -0.39 is 16.8 Å². The molecule has 4 rings (SSSR count). The van der Waals surface area contributed by atoms with Gasteiger partial charge in [0.25, 0.3) is 11.6 Å². The van der Waals surface area contributed by atoms with Crippen molar-refractivity contribution < 1.29 is 24.0 Å². The van der Waals surface area contributed by atoms with Crippen LogP contribution in [0.2, 0.25) is 0 Å². The van der Waals surface area contributed by atoms with Crippen molar-refractivity contribution in [3.05, 3.63) is 112 Å². The highest BCUT2D eigenvalue weighted by Gasteiger charge is 2.13. The summed E-state index contributed by atoms with van der Waals surface area (Å²) >= 11 is 0. The summed E-state index contributed by atoms with van der Waals surface area (Å²) < 4.78 is 10.9. The highest BCUT2D eigenvalue weighted by Crippen LogP contribution is 2.25. The molecule has 0 unspecified atom stereocenters. The molecule has 0 saturated carbocycles. The van der Waals surface area contributed by atoms with Crippen LogP contribution in [0.1, 0.15) is 15.9 Å². The molecule has 9 nitrogen and oxygen atoms in total. The quantitative estimate of drug-likeness (QED) is 0.133. The Labute approximate surface area is 199 Å². The molecular weight excluding hydrogens is 450 g/mol. The lowest BCUT2D eigenvalue weighted by Crippen LogP contribution is -2.24. The zero-order valence-corrected chi connectivity index (χ0v) is 18.3. The maximum absolute atomic E-state index is 12.3. The van der Waals surface area contributed by atoms with Crippen LogP contribution in [-0.4, -0.2) is 29.6 Å². The molecule has 1 amide bonds. The smallest absolute Gasteiger partial charge is 0.343 e. The average Bonchev–Trinajstić information content (AvgIpc) is 2.87. The van der Waals surface area contributed by atoms with Crippen LogP contribution in [0.15, 0.2) is 96.1 Å². The number of benzene rings is 4. The molecule has 0 aromatic heterocycles. The third kappa shape index (κ3) is 6.05.